The van der Waals surface area contributed by atoms with E-state index in [2.05, 4.69) is 26.8 Å². The highest BCUT2D eigenvalue weighted by molar-refractivity contribution is 5.78. The summed E-state index contributed by atoms with van der Waals surface area (Å²) in [6.07, 6.45) is 4.45. The summed E-state index contributed by atoms with van der Waals surface area (Å²) in [5, 5.41) is 0. The van der Waals surface area contributed by atoms with Crippen LogP contribution in [0.4, 0.5) is 0 Å². The molecule has 0 amide bonds. The zero-order valence-corrected chi connectivity index (χ0v) is 9.55. The first kappa shape index (κ1) is 12.4. The molecule has 0 spiro atoms. The molecule has 0 rings (SSSR count). The number of ketones is 1. The SMILES string of the molecule is CC(=O)C(C)C(C)CCC=C(C)C. The van der Waals surface area contributed by atoms with Crippen LogP contribution in [0.2, 0.25) is 0 Å². The van der Waals surface area contributed by atoms with Crippen LogP contribution < -0.4 is 0 Å². The summed E-state index contributed by atoms with van der Waals surface area (Å²) in [6, 6.07) is 0. The van der Waals surface area contributed by atoms with Crippen molar-refractivity contribution in [2.45, 2.75) is 47.5 Å². The molecule has 2 atom stereocenters. The van der Waals surface area contributed by atoms with Gasteiger partial charge in [-0.3, -0.25) is 4.79 Å². The second-order valence-corrected chi connectivity index (χ2v) is 4.24. The minimum atomic E-state index is 0.213. The summed E-state index contributed by atoms with van der Waals surface area (Å²) < 4.78 is 0. The molecule has 0 saturated carbocycles. The predicted molar refractivity (Wildman–Crippen MR) is 57.7 cm³/mol. The van der Waals surface area contributed by atoms with Crippen LogP contribution in [0.5, 0.6) is 0 Å². The normalized spacial score (nSPS) is 14.8. The van der Waals surface area contributed by atoms with Gasteiger partial charge in [0.05, 0.1) is 0 Å². The Bertz CT molecular complexity index is 187. The van der Waals surface area contributed by atoms with Gasteiger partial charge in [-0.1, -0.05) is 25.5 Å². The molecule has 13 heavy (non-hydrogen) atoms. The van der Waals surface area contributed by atoms with Gasteiger partial charge in [0.1, 0.15) is 5.78 Å². The number of Topliss-reactive ketones (excluding diaryl/α,β-unsaturated/α-hetero) is 1. The van der Waals surface area contributed by atoms with Crippen molar-refractivity contribution in [2.24, 2.45) is 11.8 Å². The lowest BCUT2D eigenvalue weighted by Crippen LogP contribution is -2.15. The lowest BCUT2D eigenvalue weighted by molar-refractivity contribution is -0.121. The summed E-state index contributed by atoms with van der Waals surface area (Å²) in [6.45, 7) is 10.1. The second-order valence-electron chi connectivity index (χ2n) is 4.24. The molecule has 0 saturated heterocycles. The van der Waals surface area contributed by atoms with Gasteiger partial charge < -0.3 is 0 Å². The average molecular weight is 182 g/mol. The molecule has 0 radical (unpaired) electrons. The maximum absolute atomic E-state index is 11.1. The zero-order chi connectivity index (χ0) is 10.4. The van der Waals surface area contributed by atoms with Crippen LogP contribution in [0.1, 0.15) is 47.5 Å². The van der Waals surface area contributed by atoms with E-state index in [0.717, 1.165) is 12.8 Å². The van der Waals surface area contributed by atoms with E-state index in [1.54, 1.807) is 6.92 Å². The maximum Gasteiger partial charge on any atom is 0.132 e. The molecular weight excluding hydrogens is 160 g/mol. The Labute approximate surface area is 82.2 Å². The molecule has 0 bridgehead atoms. The third-order valence-corrected chi connectivity index (χ3v) is 2.67. The minimum absolute atomic E-state index is 0.213. The first-order valence-electron chi connectivity index (χ1n) is 5.09. The van der Waals surface area contributed by atoms with Crippen molar-refractivity contribution in [1.82, 2.24) is 0 Å². The number of carbonyl (C=O) groups is 1. The molecule has 0 aliphatic carbocycles. The highest BCUT2D eigenvalue weighted by Gasteiger charge is 2.15. The van der Waals surface area contributed by atoms with Crippen molar-refractivity contribution < 1.29 is 4.79 Å². The molecule has 2 unspecified atom stereocenters. The molecule has 0 N–H and O–H groups in total. The van der Waals surface area contributed by atoms with Crippen LogP contribution in [-0.4, -0.2) is 5.78 Å². The van der Waals surface area contributed by atoms with Crippen LogP contribution in [0.25, 0.3) is 0 Å². The smallest absolute Gasteiger partial charge is 0.132 e. The fraction of sp³-hybridized carbons (Fsp3) is 0.750. The average Bonchev–Trinajstić information content (AvgIpc) is 2.02. The van der Waals surface area contributed by atoms with Gasteiger partial charge in [-0.25, -0.2) is 0 Å². The number of allylic oxidation sites excluding steroid dienone is 2. The number of hydrogen-bond donors (Lipinski definition) is 0. The van der Waals surface area contributed by atoms with Gasteiger partial charge in [-0.05, 0) is 39.5 Å². The molecular formula is C12H22O. The van der Waals surface area contributed by atoms with Gasteiger partial charge in [0.15, 0.2) is 0 Å². The summed E-state index contributed by atoms with van der Waals surface area (Å²) in [5.74, 6) is 1.03. The third kappa shape index (κ3) is 5.62. The van der Waals surface area contributed by atoms with Crippen molar-refractivity contribution in [3.05, 3.63) is 11.6 Å². The molecule has 0 heterocycles. The van der Waals surface area contributed by atoms with E-state index >= 15 is 0 Å². The van der Waals surface area contributed by atoms with E-state index in [0.29, 0.717) is 11.7 Å². The van der Waals surface area contributed by atoms with Crippen molar-refractivity contribution >= 4 is 5.78 Å². The predicted octanol–water partition coefficient (Wildman–Crippen LogP) is 3.59. The summed E-state index contributed by atoms with van der Waals surface area (Å²) >= 11 is 0. The Morgan fingerprint density at radius 3 is 2.15 bits per heavy atom. The van der Waals surface area contributed by atoms with Gasteiger partial charge in [0, 0.05) is 5.92 Å². The van der Waals surface area contributed by atoms with Crippen LogP contribution in [0.3, 0.4) is 0 Å². The number of rotatable bonds is 5. The Morgan fingerprint density at radius 2 is 1.77 bits per heavy atom. The molecule has 1 nitrogen and oxygen atoms in total. The van der Waals surface area contributed by atoms with Crippen molar-refractivity contribution in [1.29, 1.82) is 0 Å². The van der Waals surface area contributed by atoms with Gasteiger partial charge in [-0.15, -0.1) is 0 Å². The molecule has 0 aromatic rings. The van der Waals surface area contributed by atoms with Crippen molar-refractivity contribution in [2.75, 3.05) is 0 Å². The minimum Gasteiger partial charge on any atom is -0.300 e. The van der Waals surface area contributed by atoms with Crippen molar-refractivity contribution in [3.8, 4) is 0 Å². The number of hydrogen-bond acceptors (Lipinski definition) is 1. The largest absolute Gasteiger partial charge is 0.300 e. The molecule has 76 valence electrons. The summed E-state index contributed by atoms with van der Waals surface area (Å²) in [7, 11) is 0. The highest BCUT2D eigenvalue weighted by Crippen LogP contribution is 2.18. The summed E-state index contributed by atoms with van der Waals surface area (Å²) in [5.41, 5.74) is 1.36. The lowest BCUT2D eigenvalue weighted by atomic mass is 9.89. The van der Waals surface area contributed by atoms with Gasteiger partial charge in [0.25, 0.3) is 0 Å². The second kappa shape index (κ2) is 5.95. The van der Waals surface area contributed by atoms with Crippen LogP contribution in [0.15, 0.2) is 11.6 Å². The molecule has 1 heteroatoms. The topological polar surface area (TPSA) is 17.1 Å². The van der Waals surface area contributed by atoms with Gasteiger partial charge >= 0.3 is 0 Å². The third-order valence-electron chi connectivity index (χ3n) is 2.67. The Balaban J connectivity index is 3.81. The maximum atomic E-state index is 11.1. The monoisotopic (exact) mass is 182 g/mol. The molecule has 0 fully saturated rings. The molecule has 0 aromatic heterocycles. The van der Waals surface area contributed by atoms with Crippen LogP contribution in [-0.2, 0) is 4.79 Å². The van der Waals surface area contributed by atoms with Crippen LogP contribution in [0, 0.1) is 11.8 Å². The van der Waals surface area contributed by atoms with Gasteiger partial charge in [-0.2, -0.15) is 0 Å². The van der Waals surface area contributed by atoms with E-state index in [-0.39, 0.29) is 5.92 Å². The first-order valence-corrected chi connectivity index (χ1v) is 5.09. The van der Waals surface area contributed by atoms with E-state index in [1.807, 2.05) is 6.92 Å². The summed E-state index contributed by atoms with van der Waals surface area (Å²) in [4.78, 5) is 11.1. The Morgan fingerprint density at radius 1 is 1.23 bits per heavy atom. The molecule has 0 aromatic carbocycles. The lowest BCUT2D eigenvalue weighted by Gasteiger charge is -2.15. The van der Waals surface area contributed by atoms with Gasteiger partial charge in [0.2, 0.25) is 0 Å². The molecule has 0 aliphatic rings. The zero-order valence-electron chi connectivity index (χ0n) is 9.55. The van der Waals surface area contributed by atoms with E-state index < -0.39 is 0 Å². The molecule has 0 aliphatic heterocycles. The first-order chi connectivity index (χ1) is 5.95. The fourth-order valence-electron chi connectivity index (χ4n) is 1.29. The van der Waals surface area contributed by atoms with E-state index in [1.165, 1.54) is 5.57 Å². The van der Waals surface area contributed by atoms with E-state index in [9.17, 15) is 4.79 Å². The number of carbonyl (C=O) groups excluding carboxylic acids is 1. The highest BCUT2D eigenvalue weighted by atomic mass is 16.1. The Kier molecular flexibility index (Phi) is 5.68. The quantitative estimate of drug-likeness (QED) is 0.594. The van der Waals surface area contributed by atoms with Crippen LogP contribution >= 0.6 is 0 Å². The standard InChI is InChI=1S/C12H22O/c1-9(2)7-6-8-10(3)11(4)12(5)13/h7,10-11H,6,8H2,1-5H3. The Hall–Kier alpha value is -0.590. The van der Waals surface area contributed by atoms with Crippen molar-refractivity contribution in [3.63, 3.8) is 0 Å². The van der Waals surface area contributed by atoms with E-state index in [4.69, 9.17) is 0 Å². The fourth-order valence-corrected chi connectivity index (χ4v) is 1.29.